The van der Waals surface area contributed by atoms with Gasteiger partial charge in [0.2, 0.25) is 5.91 Å². The highest BCUT2D eigenvalue weighted by molar-refractivity contribution is 9.10. The molecule has 4 nitrogen and oxygen atoms in total. The molecule has 0 saturated carbocycles. The molecule has 2 atom stereocenters. The number of nitrogens with two attached hydrogens (primary N) is 1. The van der Waals surface area contributed by atoms with E-state index in [-0.39, 0.29) is 11.8 Å². The molecule has 5 heteroatoms. The van der Waals surface area contributed by atoms with Crippen LogP contribution in [0.3, 0.4) is 0 Å². The minimum absolute atomic E-state index is 0.00828. The first-order chi connectivity index (χ1) is 8.47. The summed E-state index contributed by atoms with van der Waals surface area (Å²) in [6.07, 6.45) is 0.768. The number of primary amides is 1. The van der Waals surface area contributed by atoms with Crippen molar-refractivity contribution in [3.63, 3.8) is 0 Å². The van der Waals surface area contributed by atoms with Crippen LogP contribution in [0.1, 0.15) is 30.6 Å². The number of carbonyl (C=O) groups is 2. The van der Waals surface area contributed by atoms with Crippen LogP contribution < -0.4 is 11.1 Å². The first-order valence-electron chi connectivity index (χ1n) is 5.82. The van der Waals surface area contributed by atoms with Gasteiger partial charge >= 0.3 is 0 Å². The van der Waals surface area contributed by atoms with Gasteiger partial charge in [0.25, 0.3) is 5.91 Å². The lowest BCUT2D eigenvalue weighted by Crippen LogP contribution is -2.48. The average molecular weight is 313 g/mol. The van der Waals surface area contributed by atoms with Crippen molar-refractivity contribution in [3.8, 4) is 0 Å². The summed E-state index contributed by atoms with van der Waals surface area (Å²) >= 11 is 3.30. The van der Waals surface area contributed by atoms with Crippen molar-refractivity contribution >= 4 is 27.7 Å². The van der Waals surface area contributed by atoms with E-state index in [2.05, 4.69) is 21.2 Å². The van der Waals surface area contributed by atoms with Crippen LogP contribution in [0.5, 0.6) is 0 Å². The first kappa shape index (κ1) is 14.7. The summed E-state index contributed by atoms with van der Waals surface area (Å²) in [5, 5.41) is 2.68. The molecule has 0 bridgehead atoms. The van der Waals surface area contributed by atoms with Gasteiger partial charge in [-0.15, -0.1) is 0 Å². The molecule has 3 N–H and O–H groups in total. The predicted octanol–water partition coefficient (Wildman–Crippen LogP) is 2.08. The molecule has 1 rings (SSSR count). The summed E-state index contributed by atoms with van der Waals surface area (Å²) < 4.78 is 0.690. The lowest BCUT2D eigenvalue weighted by Gasteiger charge is -2.21. The fourth-order valence-corrected chi connectivity index (χ4v) is 2.06. The summed E-state index contributed by atoms with van der Waals surface area (Å²) in [6, 6.07) is 6.41. The number of hydrogen-bond acceptors (Lipinski definition) is 2. The van der Waals surface area contributed by atoms with Crippen LogP contribution in [-0.4, -0.2) is 17.9 Å². The summed E-state index contributed by atoms with van der Waals surface area (Å²) in [5.74, 6) is -0.801. The van der Waals surface area contributed by atoms with E-state index in [4.69, 9.17) is 5.73 Å². The Kier molecular flexibility index (Phi) is 5.34. The Hall–Kier alpha value is -1.36. The van der Waals surface area contributed by atoms with Gasteiger partial charge in [-0.3, -0.25) is 9.59 Å². The van der Waals surface area contributed by atoms with Crippen LogP contribution in [0.4, 0.5) is 0 Å². The van der Waals surface area contributed by atoms with Crippen LogP contribution in [0.15, 0.2) is 28.7 Å². The zero-order valence-electron chi connectivity index (χ0n) is 10.4. The SMILES string of the molecule is CCC(C)C(NC(=O)c1ccccc1Br)C(N)=O. The Labute approximate surface area is 115 Å². The molecule has 1 aromatic rings. The van der Waals surface area contributed by atoms with Crippen molar-refractivity contribution in [3.05, 3.63) is 34.3 Å². The second-order valence-corrected chi connectivity index (χ2v) is 5.07. The molecule has 0 aliphatic carbocycles. The molecule has 2 unspecified atom stereocenters. The number of hydrogen-bond donors (Lipinski definition) is 2. The number of carbonyl (C=O) groups excluding carboxylic acids is 2. The van der Waals surface area contributed by atoms with Crippen LogP contribution >= 0.6 is 15.9 Å². The highest BCUT2D eigenvalue weighted by atomic mass is 79.9. The van der Waals surface area contributed by atoms with Crippen molar-refractivity contribution in [1.29, 1.82) is 0 Å². The number of nitrogens with one attached hydrogen (secondary N) is 1. The van der Waals surface area contributed by atoms with Gasteiger partial charge in [0.1, 0.15) is 6.04 Å². The molecule has 0 fully saturated rings. The molecule has 98 valence electrons. The van der Waals surface area contributed by atoms with E-state index in [1.165, 1.54) is 0 Å². The van der Waals surface area contributed by atoms with Gasteiger partial charge < -0.3 is 11.1 Å². The van der Waals surface area contributed by atoms with E-state index in [9.17, 15) is 9.59 Å². The minimum Gasteiger partial charge on any atom is -0.368 e. The number of halogens is 1. The topological polar surface area (TPSA) is 72.2 Å². The van der Waals surface area contributed by atoms with Gasteiger partial charge in [0.05, 0.1) is 5.56 Å². The monoisotopic (exact) mass is 312 g/mol. The van der Waals surface area contributed by atoms with Crippen LogP contribution in [0.25, 0.3) is 0 Å². The maximum Gasteiger partial charge on any atom is 0.253 e. The third-order valence-corrected chi connectivity index (χ3v) is 3.62. The molecule has 1 aromatic carbocycles. The van der Waals surface area contributed by atoms with Crippen LogP contribution in [0, 0.1) is 5.92 Å². The highest BCUT2D eigenvalue weighted by Gasteiger charge is 2.24. The Balaban J connectivity index is 2.86. The Morgan fingerprint density at radius 3 is 2.50 bits per heavy atom. The summed E-state index contributed by atoms with van der Waals surface area (Å²) in [7, 11) is 0. The zero-order chi connectivity index (χ0) is 13.7. The summed E-state index contributed by atoms with van der Waals surface area (Å²) in [5.41, 5.74) is 5.80. The van der Waals surface area contributed by atoms with Gasteiger partial charge in [0.15, 0.2) is 0 Å². The quantitative estimate of drug-likeness (QED) is 0.873. The Morgan fingerprint density at radius 1 is 1.39 bits per heavy atom. The molecule has 0 aromatic heterocycles. The molecular formula is C13H17BrN2O2. The third kappa shape index (κ3) is 3.57. The standard InChI is InChI=1S/C13H17BrN2O2/c1-3-8(2)11(12(15)17)16-13(18)9-6-4-5-7-10(9)14/h4-8,11H,3H2,1-2H3,(H2,15,17)(H,16,18). The van der Waals surface area contributed by atoms with Gasteiger partial charge in [0, 0.05) is 4.47 Å². The molecular weight excluding hydrogens is 296 g/mol. The predicted molar refractivity (Wildman–Crippen MR) is 74.0 cm³/mol. The van der Waals surface area contributed by atoms with E-state index in [0.717, 1.165) is 6.42 Å². The van der Waals surface area contributed by atoms with Crippen molar-refractivity contribution in [2.24, 2.45) is 11.7 Å². The number of rotatable bonds is 5. The van der Waals surface area contributed by atoms with E-state index >= 15 is 0 Å². The van der Waals surface area contributed by atoms with E-state index in [0.29, 0.717) is 10.0 Å². The maximum atomic E-state index is 12.1. The average Bonchev–Trinajstić information content (AvgIpc) is 2.35. The molecule has 0 radical (unpaired) electrons. The number of amides is 2. The van der Waals surface area contributed by atoms with Crippen molar-refractivity contribution in [1.82, 2.24) is 5.32 Å². The molecule has 0 saturated heterocycles. The van der Waals surface area contributed by atoms with Crippen molar-refractivity contribution < 1.29 is 9.59 Å². The second-order valence-electron chi connectivity index (χ2n) is 4.22. The van der Waals surface area contributed by atoms with E-state index < -0.39 is 11.9 Å². The summed E-state index contributed by atoms with van der Waals surface area (Å²) in [6.45, 7) is 3.83. The minimum atomic E-state index is -0.644. The highest BCUT2D eigenvalue weighted by Crippen LogP contribution is 2.16. The van der Waals surface area contributed by atoms with Gasteiger partial charge in [-0.2, -0.15) is 0 Å². The van der Waals surface area contributed by atoms with Crippen LogP contribution in [0.2, 0.25) is 0 Å². The number of benzene rings is 1. The van der Waals surface area contributed by atoms with Crippen LogP contribution in [-0.2, 0) is 4.79 Å². The fourth-order valence-electron chi connectivity index (χ4n) is 1.59. The maximum absolute atomic E-state index is 12.1. The smallest absolute Gasteiger partial charge is 0.253 e. The normalized spacial score (nSPS) is 13.7. The van der Waals surface area contributed by atoms with Crippen molar-refractivity contribution in [2.75, 3.05) is 0 Å². The first-order valence-corrected chi connectivity index (χ1v) is 6.61. The van der Waals surface area contributed by atoms with E-state index in [1.807, 2.05) is 19.9 Å². The van der Waals surface area contributed by atoms with Gasteiger partial charge in [-0.05, 0) is 34.0 Å². The molecule has 18 heavy (non-hydrogen) atoms. The largest absolute Gasteiger partial charge is 0.368 e. The molecule has 2 amide bonds. The Morgan fingerprint density at radius 2 is 2.00 bits per heavy atom. The zero-order valence-corrected chi connectivity index (χ0v) is 12.0. The summed E-state index contributed by atoms with van der Waals surface area (Å²) in [4.78, 5) is 23.4. The van der Waals surface area contributed by atoms with Crippen molar-refractivity contribution in [2.45, 2.75) is 26.3 Å². The van der Waals surface area contributed by atoms with Gasteiger partial charge in [-0.1, -0.05) is 32.4 Å². The fraction of sp³-hybridized carbons (Fsp3) is 0.385. The van der Waals surface area contributed by atoms with Gasteiger partial charge in [-0.25, -0.2) is 0 Å². The molecule has 0 aliphatic rings. The Bertz CT molecular complexity index is 448. The third-order valence-electron chi connectivity index (χ3n) is 2.92. The lowest BCUT2D eigenvalue weighted by atomic mass is 9.98. The molecule has 0 heterocycles. The van der Waals surface area contributed by atoms with E-state index in [1.54, 1.807) is 18.2 Å². The molecule has 0 spiro atoms. The lowest BCUT2D eigenvalue weighted by molar-refractivity contribution is -0.120. The second kappa shape index (κ2) is 6.54. The molecule has 0 aliphatic heterocycles.